The van der Waals surface area contributed by atoms with E-state index in [9.17, 15) is 34.0 Å². The van der Waals surface area contributed by atoms with Gasteiger partial charge in [-0.25, -0.2) is 19.2 Å². The molecule has 2 aliphatic heterocycles. The van der Waals surface area contributed by atoms with Gasteiger partial charge in [0.25, 0.3) is 11.1 Å². The first-order valence-electron chi connectivity index (χ1n) is 13.4. The largest absolute Gasteiger partial charge is 0.406 e. The number of hydrogen-bond acceptors (Lipinski definition) is 12. The summed E-state index contributed by atoms with van der Waals surface area (Å²) in [6, 6.07) is 0. The molecule has 0 aliphatic carbocycles. The molecule has 0 amide bonds. The van der Waals surface area contributed by atoms with Gasteiger partial charge in [-0.15, -0.1) is 0 Å². The normalized spacial score (nSPS) is 27.5. The SMILES string of the molecule is Cc1cn([C@H]2C[C@@H](O)[C@@H](CO[P@@](=O)(NCCN(C)C)O[C@@H]3C[C@H](n4cc(C)c(=O)[nH]c4=O)O[C@@H]3CO)O2)c(=O)[nH]c1=O. The standard InChI is InChI=1S/C24H37N6O11P/c1-13-9-29(23(35)26-21(13)33)19-7-15(32)18(40-19)12-38-42(37,25-5-6-28(3)4)41-16-8-20(39-17(16)11-31)30-10-14(2)22(34)27-24(30)36/h9-10,15-20,31-32H,5-8,11-12H2,1-4H3,(H,25,37)(H,26,33,35)(H,27,34,36)/t15-,16-,17-,18-,19-,20-,42+/m1/s1. The van der Waals surface area contributed by atoms with Gasteiger partial charge in [-0.2, -0.15) is 0 Å². The topological polar surface area (TPSA) is 219 Å². The molecule has 0 unspecified atom stereocenters. The minimum atomic E-state index is -4.14. The average molecular weight is 617 g/mol. The van der Waals surface area contributed by atoms with Gasteiger partial charge in [0.15, 0.2) is 0 Å². The molecule has 17 nitrogen and oxygen atoms in total. The maximum absolute atomic E-state index is 13.9. The Hall–Kier alpha value is -2.73. The summed E-state index contributed by atoms with van der Waals surface area (Å²) < 4.78 is 39.4. The smallest absolute Gasteiger partial charge is 0.394 e. The van der Waals surface area contributed by atoms with Gasteiger partial charge in [0.05, 0.1) is 19.3 Å². The zero-order chi connectivity index (χ0) is 30.8. The molecule has 4 rings (SSSR count). The Kier molecular flexibility index (Phi) is 10.2. The molecule has 0 spiro atoms. The third kappa shape index (κ3) is 7.42. The first-order chi connectivity index (χ1) is 19.8. The Balaban J connectivity index is 1.48. The van der Waals surface area contributed by atoms with Crippen LogP contribution >= 0.6 is 7.75 Å². The second kappa shape index (κ2) is 13.3. The van der Waals surface area contributed by atoms with Crippen molar-refractivity contribution in [3.63, 3.8) is 0 Å². The van der Waals surface area contributed by atoms with E-state index >= 15 is 0 Å². The van der Waals surface area contributed by atoms with E-state index in [1.165, 1.54) is 26.2 Å². The molecular formula is C24H37N6O11P. The van der Waals surface area contributed by atoms with Crippen LogP contribution in [0.3, 0.4) is 0 Å². The molecule has 0 radical (unpaired) electrons. The predicted octanol–water partition coefficient (Wildman–Crippen LogP) is -1.71. The number of aromatic nitrogens is 4. The van der Waals surface area contributed by atoms with Gasteiger partial charge >= 0.3 is 19.1 Å². The van der Waals surface area contributed by atoms with Crippen molar-refractivity contribution in [2.75, 3.05) is 40.4 Å². The van der Waals surface area contributed by atoms with E-state index in [1.54, 1.807) is 0 Å². The fourth-order valence-electron chi connectivity index (χ4n) is 4.66. The number of aliphatic hydroxyl groups is 2. The molecule has 4 heterocycles. The third-order valence-electron chi connectivity index (χ3n) is 7.02. The van der Waals surface area contributed by atoms with E-state index in [-0.39, 0.29) is 37.1 Å². The fourth-order valence-corrected chi connectivity index (χ4v) is 6.18. The molecule has 2 fully saturated rings. The van der Waals surface area contributed by atoms with Crippen molar-refractivity contribution >= 4 is 7.75 Å². The highest BCUT2D eigenvalue weighted by atomic mass is 31.2. The summed E-state index contributed by atoms with van der Waals surface area (Å²) in [5, 5.41) is 23.3. The molecule has 0 aromatic carbocycles. The first kappa shape index (κ1) is 32.2. The van der Waals surface area contributed by atoms with Crippen LogP contribution in [0.5, 0.6) is 0 Å². The number of aryl methyl sites for hydroxylation is 2. The van der Waals surface area contributed by atoms with Gasteiger partial charge in [-0.05, 0) is 27.9 Å². The minimum Gasteiger partial charge on any atom is -0.394 e. The molecule has 2 saturated heterocycles. The van der Waals surface area contributed by atoms with Gasteiger partial charge in [0.1, 0.15) is 30.8 Å². The van der Waals surface area contributed by atoms with Gasteiger partial charge in [0, 0.05) is 49.5 Å². The van der Waals surface area contributed by atoms with Crippen molar-refractivity contribution in [1.82, 2.24) is 29.1 Å². The Labute approximate surface area is 239 Å². The van der Waals surface area contributed by atoms with Crippen molar-refractivity contribution in [2.45, 2.75) is 63.6 Å². The van der Waals surface area contributed by atoms with Gasteiger partial charge < -0.3 is 24.6 Å². The van der Waals surface area contributed by atoms with Crippen LogP contribution in [-0.2, 0) is 23.1 Å². The highest BCUT2D eigenvalue weighted by Gasteiger charge is 2.43. The molecule has 0 saturated carbocycles. The number of nitrogens with one attached hydrogen (secondary N) is 3. The second-order valence-corrected chi connectivity index (χ2v) is 12.4. The summed E-state index contributed by atoms with van der Waals surface area (Å²) in [7, 11) is -0.501. The van der Waals surface area contributed by atoms with Crippen molar-refractivity contribution < 1.29 is 33.3 Å². The highest BCUT2D eigenvalue weighted by molar-refractivity contribution is 7.51. The quantitative estimate of drug-likeness (QED) is 0.168. The van der Waals surface area contributed by atoms with Gasteiger partial charge in [-0.3, -0.25) is 37.7 Å². The number of rotatable bonds is 12. The molecule has 42 heavy (non-hydrogen) atoms. The summed E-state index contributed by atoms with van der Waals surface area (Å²) >= 11 is 0. The molecule has 234 valence electrons. The first-order valence-corrected chi connectivity index (χ1v) is 14.9. The summed E-state index contributed by atoms with van der Waals surface area (Å²) in [6.45, 7) is 2.80. The maximum atomic E-state index is 13.9. The lowest BCUT2D eigenvalue weighted by Crippen LogP contribution is -2.34. The highest BCUT2D eigenvalue weighted by Crippen LogP contribution is 2.49. The monoisotopic (exact) mass is 616 g/mol. The van der Waals surface area contributed by atoms with E-state index in [2.05, 4.69) is 15.1 Å². The lowest BCUT2D eigenvalue weighted by Gasteiger charge is -2.26. The van der Waals surface area contributed by atoms with E-state index in [0.717, 1.165) is 9.13 Å². The van der Waals surface area contributed by atoms with Crippen LogP contribution in [0.4, 0.5) is 0 Å². The zero-order valence-corrected chi connectivity index (χ0v) is 24.6. The molecule has 5 N–H and O–H groups in total. The maximum Gasteiger partial charge on any atom is 0.406 e. The predicted molar refractivity (Wildman–Crippen MR) is 147 cm³/mol. The number of H-pyrrole nitrogens is 2. The zero-order valence-electron chi connectivity index (χ0n) is 23.7. The van der Waals surface area contributed by atoms with Gasteiger partial charge in [-0.1, -0.05) is 0 Å². The van der Waals surface area contributed by atoms with Crippen LogP contribution in [0.25, 0.3) is 0 Å². The molecule has 2 aromatic rings. The number of ether oxygens (including phenoxy) is 2. The number of aliphatic hydroxyl groups excluding tert-OH is 2. The van der Waals surface area contributed by atoms with Crippen molar-refractivity contribution in [3.8, 4) is 0 Å². The average Bonchev–Trinajstić information content (AvgIpc) is 3.49. The van der Waals surface area contributed by atoms with Crippen molar-refractivity contribution in [1.29, 1.82) is 0 Å². The number of aromatic amines is 2. The van der Waals surface area contributed by atoms with Crippen LogP contribution in [0.15, 0.2) is 31.6 Å². The molecule has 18 heteroatoms. The summed E-state index contributed by atoms with van der Waals surface area (Å²) in [4.78, 5) is 54.4. The van der Waals surface area contributed by atoms with Crippen LogP contribution in [-0.4, -0.2) is 99.0 Å². The van der Waals surface area contributed by atoms with Crippen molar-refractivity contribution in [2.24, 2.45) is 0 Å². The lowest BCUT2D eigenvalue weighted by atomic mass is 10.2. The number of likely N-dealkylation sites (N-methyl/N-ethyl adjacent to an activating group) is 1. The fraction of sp³-hybridized carbons (Fsp3) is 0.667. The van der Waals surface area contributed by atoms with Crippen LogP contribution in [0.1, 0.15) is 36.4 Å². The number of nitrogens with zero attached hydrogens (tertiary/aromatic N) is 3. The Bertz CT molecular complexity index is 1530. The van der Waals surface area contributed by atoms with Crippen LogP contribution < -0.4 is 27.6 Å². The Morgan fingerprint density at radius 2 is 1.55 bits per heavy atom. The van der Waals surface area contributed by atoms with Crippen molar-refractivity contribution in [3.05, 3.63) is 65.2 Å². The van der Waals surface area contributed by atoms with E-state index in [0.29, 0.717) is 6.54 Å². The molecule has 7 atom stereocenters. The second-order valence-electron chi connectivity index (χ2n) is 10.6. The lowest BCUT2D eigenvalue weighted by molar-refractivity contribution is -0.0533. The Morgan fingerprint density at radius 1 is 1.00 bits per heavy atom. The van der Waals surface area contributed by atoms with Crippen LogP contribution in [0, 0.1) is 13.8 Å². The van der Waals surface area contributed by atoms with E-state index < -0.39 is 73.7 Å². The summed E-state index contributed by atoms with van der Waals surface area (Å²) in [6.07, 6.45) is -3.20. The van der Waals surface area contributed by atoms with E-state index in [1.807, 2.05) is 19.0 Å². The molecule has 0 bridgehead atoms. The minimum absolute atomic E-state index is 0.00155. The molecule has 2 aliphatic rings. The number of hydrogen-bond donors (Lipinski definition) is 5. The Morgan fingerprint density at radius 3 is 2.10 bits per heavy atom. The molecular weight excluding hydrogens is 579 g/mol. The summed E-state index contributed by atoms with van der Waals surface area (Å²) in [5.41, 5.74) is -1.93. The van der Waals surface area contributed by atoms with E-state index in [4.69, 9.17) is 18.5 Å². The third-order valence-corrected chi connectivity index (χ3v) is 8.67. The van der Waals surface area contributed by atoms with Crippen LogP contribution in [0.2, 0.25) is 0 Å². The van der Waals surface area contributed by atoms with Gasteiger partial charge in [0.2, 0.25) is 0 Å². The molecule has 2 aromatic heterocycles. The summed E-state index contributed by atoms with van der Waals surface area (Å²) in [5.74, 6) is 0.